The first-order valence-electron chi connectivity index (χ1n) is 12.0. The van der Waals surface area contributed by atoms with E-state index < -0.39 is 11.4 Å². The number of halogens is 2. The molecule has 0 bridgehead atoms. The Balaban J connectivity index is 1.79. The number of ether oxygens (including phenoxy) is 1. The standard InChI is InChI=1S/C28H25FIN3O5/c1-14-25(32-21-10-7-17(30)12-20(21)29)24-26(38-28(14)36)23(15(2)33(27(24)35)19-8-9-19)16-5-4-6-18(11-16)31-22(34)13-37-3/h4-7,10-12,19,32H,8-9,13H2,1-3H3,(H,31,34). The Kier molecular flexibility index (Phi) is 7.10. The number of anilines is 3. The van der Waals surface area contributed by atoms with Gasteiger partial charge in [-0.1, -0.05) is 12.1 Å². The van der Waals surface area contributed by atoms with E-state index in [2.05, 4.69) is 10.6 Å². The number of rotatable bonds is 7. The van der Waals surface area contributed by atoms with Crippen molar-refractivity contribution in [2.75, 3.05) is 24.4 Å². The molecule has 8 nitrogen and oxygen atoms in total. The van der Waals surface area contributed by atoms with Crippen molar-refractivity contribution in [3.05, 3.63) is 83.9 Å². The van der Waals surface area contributed by atoms with Crippen molar-refractivity contribution in [3.63, 3.8) is 0 Å². The maximum atomic E-state index is 14.8. The van der Waals surface area contributed by atoms with E-state index in [0.29, 0.717) is 26.1 Å². The Labute approximate surface area is 231 Å². The molecule has 1 fully saturated rings. The number of hydrogen-bond acceptors (Lipinski definition) is 6. The Bertz CT molecular complexity index is 1710. The highest BCUT2D eigenvalue weighted by molar-refractivity contribution is 14.1. The molecule has 0 atom stereocenters. The zero-order chi connectivity index (χ0) is 27.1. The van der Waals surface area contributed by atoms with E-state index in [9.17, 15) is 18.8 Å². The van der Waals surface area contributed by atoms with Crippen LogP contribution in [-0.4, -0.2) is 24.2 Å². The molecule has 1 aliphatic carbocycles. The van der Waals surface area contributed by atoms with Crippen molar-refractivity contribution in [1.29, 1.82) is 0 Å². The summed E-state index contributed by atoms with van der Waals surface area (Å²) in [5.41, 5.74) is 2.04. The molecule has 196 valence electrons. The smallest absolute Gasteiger partial charge is 0.341 e. The summed E-state index contributed by atoms with van der Waals surface area (Å²) < 4.78 is 27.9. The molecule has 1 saturated carbocycles. The number of pyridine rings is 1. The second-order valence-corrected chi connectivity index (χ2v) is 10.5. The first kappa shape index (κ1) is 26.1. The van der Waals surface area contributed by atoms with Crippen LogP contribution in [0.1, 0.15) is 30.1 Å². The fourth-order valence-corrected chi connectivity index (χ4v) is 5.09. The monoisotopic (exact) mass is 629 g/mol. The van der Waals surface area contributed by atoms with Crippen molar-refractivity contribution >= 4 is 56.5 Å². The van der Waals surface area contributed by atoms with Crippen LogP contribution in [0.4, 0.5) is 21.5 Å². The fourth-order valence-electron chi connectivity index (χ4n) is 4.64. The summed E-state index contributed by atoms with van der Waals surface area (Å²) in [7, 11) is 1.43. The Morgan fingerprint density at radius 2 is 1.95 bits per heavy atom. The fraction of sp³-hybridized carbons (Fsp3) is 0.250. The molecule has 0 spiro atoms. The maximum absolute atomic E-state index is 14.8. The molecule has 2 heterocycles. The van der Waals surface area contributed by atoms with Gasteiger partial charge in [-0.3, -0.25) is 9.59 Å². The number of fused-ring (bicyclic) bond motifs is 1. The molecular weight excluding hydrogens is 604 g/mol. The van der Waals surface area contributed by atoms with E-state index in [4.69, 9.17) is 9.15 Å². The normalized spacial score (nSPS) is 13.1. The Morgan fingerprint density at radius 3 is 2.63 bits per heavy atom. The largest absolute Gasteiger partial charge is 0.421 e. The van der Waals surface area contributed by atoms with E-state index in [-0.39, 0.29) is 52.0 Å². The molecule has 10 heteroatoms. The van der Waals surface area contributed by atoms with Crippen LogP contribution in [0.15, 0.2) is 56.5 Å². The molecule has 5 rings (SSSR count). The number of nitrogens with zero attached hydrogens (tertiary/aromatic N) is 1. The summed E-state index contributed by atoms with van der Waals surface area (Å²) in [6.07, 6.45) is 1.70. The molecule has 2 aromatic heterocycles. The number of amides is 1. The van der Waals surface area contributed by atoms with Gasteiger partial charge in [0.15, 0.2) is 5.58 Å². The van der Waals surface area contributed by atoms with Gasteiger partial charge >= 0.3 is 5.63 Å². The number of carbonyl (C=O) groups is 1. The van der Waals surface area contributed by atoms with Crippen LogP contribution in [0.2, 0.25) is 0 Å². The highest BCUT2D eigenvalue weighted by Crippen LogP contribution is 2.41. The van der Waals surface area contributed by atoms with E-state index in [1.807, 2.05) is 35.6 Å². The summed E-state index contributed by atoms with van der Waals surface area (Å²) in [6.45, 7) is 3.26. The molecule has 2 N–H and O–H groups in total. The van der Waals surface area contributed by atoms with Gasteiger partial charge in [-0.05, 0) is 85.2 Å². The van der Waals surface area contributed by atoms with Gasteiger partial charge < -0.3 is 24.4 Å². The Morgan fingerprint density at radius 1 is 1.18 bits per heavy atom. The number of aromatic nitrogens is 1. The van der Waals surface area contributed by atoms with Gasteiger partial charge in [0.2, 0.25) is 5.91 Å². The topological polar surface area (TPSA) is 103 Å². The first-order chi connectivity index (χ1) is 18.2. The van der Waals surface area contributed by atoms with Crippen LogP contribution in [-0.2, 0) is 9.53 Å². The third-order valence-corrected chi connectivity index (χ3v) is 7.22. The van der Waals surface area contributed by atoms with Crippen molar-refractivity contribution in [2.45, 2.75) is 32.7 Å². The third-order valence-electron chi connectivity index (χ3n) is 6.55. The lowest BCUT2D eigenvalue weighted by atomic mass is 9.99. The minimum absolute atomic E-state index is 0.0189. The van der Waals surface area contributed by atoms with Crippen molar-refractivity contribution in [3.8, 4) is 11.1 Å². The van der Waals surface area contributed by atoms with Crippen LogP contribution in [0.3, 0.4) is 0 Å². The number of carbonyl (C=O) groups excluding carboxylic acids is 1. The van der Waals surface area contributed by atoms with Crippen molar-refractivity contribution < 1.29 is 18.3 Å². The van der Waals surface area contributed by atoms with Crippen LogP contribution >= 0.6 is 22.6 Å². The molecule has 4 aromatic rings. The molecule has 1 amide bonds. The number of methoxy groups -OCH3 is 1. The van der Waals surface area contributed by atoms with E-state index in [1.54, 1.807) is 41.8 Å². The quantitative estimate of drug-likeness (QED) is 0.257. The summed E-state index contributed by atoms with van der Waals surface area (Å²) >= 11 is 2.01. The van der Waals surface area contributed by atoms with Gasteiger partial charge in [-0.25, -0.2) is 9.18 Å². The van der Waals surface area contributed by atoms with Crippen LogP contribution < -0.4 is 21.8 Å². The highest BCUT2D eigenvalue weighted by Gasteiger charge is 2.31. The average Bonchev–Trinajstić information content (AvgIpc) is 3.69. The van der Waals surface area contributed by atoms with Crippen molar-refractivity contribution in [1.82, 2.24) is 4.57 Å². The van der Waals surface area contributed by atoms with Gasteiger partial charge in [-0.2, -0.15) is 0 Å². The molecule has 0 aliphatic heterocycles. The van der Waals surface area contributed by atoms with Crippen LogP contribution in [0, 0.1) is 23.2 Å². The molecule has 0 saturated heterocycles. The molecule has 2 aromatic carbocycles. The maximum Gasteiger partial charge on any atom is 0.341 e. The zero-order valence-electron chi connectivity index (χ0n) is 21.0. The van der Waals surface area contributed by atoms with E-state index in [1.165, 1.54) is 13.2 Å². The van der Waals surface area contributed by atoms with E-state index in [0.717, 1.165) is 12.8 Å². The first-order valence-corrected chi connectivity index (χ1v) is 13.1. The van der Waals surface area contributed by atoms with Gasteiger partial charge in [-0.15, -0.1) is 0 Å². The highest BCUT2D eigenvalue weighted by atomic mass is 127. The van der Waals surface area contributed by atoms with Crippen molar-refractivity contribution in [2.24, 2.45) is 0 Å². The second-order valence-electron chi connectivity index (χ2n) is 9.27. The molecule has 0 radical (unpaired) electrons. The third kappa shape index (κ3) is 4.85. The predicted octanol–water partition coefficient (Wildman–Crippen LogP) is 5.65. The number of hydrogen-bond donors (Lipinski definition) is 2. The van der Waals surface area contributed by atoms with Gasteiger partial charge in [0, 0.05) is 33.7 Å². The lowest BCUT2D eigenvalue weighted by Crippen LogP contribution is -2.25. The molecule has 0 unspecified atom stereocenters. The molecule has 1 aliphatic rings. The lowest BCUT2D eigenvalue weighted by Gasteiger charge is -2.19. The number of benzene rings is 2. The summed E-state index contributed by atoms with van der Waals surface area (Å²) in [6, 6.07) is 11.8. The lowest BCUT2D eigenvalue weighted by molar-refractivity contribution is -0.119. The van der Waals surface area contributed by atoms with Gasteiger partial charge in [0.05, 0.1) is 16.9 Å². The second kappa shape index (κ2) is 10.3. The minimum Gasteiger partial charge on any atom is -0.421 e. The van der Waals surface area contributed by atoms with Gasteiger partial charge in [0.25, 0.3) is 5.56 Å². The Hall–Kier alpha value is -3.51. The number of nitrogens with one attached hydrogen (secondary N) is 2. The molecular formula is C28H25FIN3O5. The van der Waals surface area contributed by atoms with Gasteiger partial charge in [0.1, 0.15) is 17.8 Å². The summed E-state index contributed by atoms with van der Waals surface area (Å²) in [5.74, 6) is -0.825. The summed E-state index contributed by atoms with van der Waals surface area (Å²) in [5, 5.41) is 5.95. The van der Waals surface area contributed by atoms with E-state index >= 15 is 0 Å². The van der Waals surface area contributed by atoms with Crippen LogP contribution in [0.25, 0.3) is 22.1 Å². The molecule has 38 heavy (non-hydrogen) atoms. The minimum atomic E-state index is -0.639. The average molecular weight is 629 g/mol. The SMILES string of the molecule is COCC(=O)Nc1cccc(-c2c(C)n(C3CC3)c(=O)c3c(Nc4ccc(I)cc4F)c(C)c(=O)oc23)c1. The zero-order valence-corrected chi connectivity index (χ0v) is 23.1. The predicted molar refractivity (Wildman–Crippen MR) is 153 cm³/mol. The summed E-state index contributed by atoms with van der Waals surface area (Å²) in [4.78, 5) is 39.0. The van der Waals surface area contributed by atoms with Crippen LogP contribution in [0.5, 0.6) is 0 Å².